The van der Waals surface area contributed by atoms with Gasteiger partial charge in [0.1, 0.15) is 0 Å². The zero-order valence-corrected chi connectivity index (χ0v) is 7.23. The summed E-state index contributed by atoms with van der Waals surface area (Å²) in [5.74, 6) is -1.35. The molecule has 0 radical (unpaired) electrons. The summed E-state index contributed by atoms with van der Waals surface area (Å²) >= 11 is 0. The fraction of sp³-hybridized carbons (Fsp3) is 0.375. The van der Waals surface area contributed by atoms with Gasteiger partial charge in [-0.2, -0.15) is 0 Å². The number of nitrogens with zero attached hydrogens (tertiary/aromatic N) is 1. The van der Waals surface area contributed by atoms with Gasteiger partial charge in [-0.3, -0.25) is 4.79 Å². The van der Waals surface area contributed by atoms with E-state index < -0.39 is 11.9 Å². The minimum Gasteiger partial charge on any atom is -0.481 e. The van der Waals surface area contributed by atoms with Gasteiger partial charge in [-0.1, -0.05) is 6.92 Å². The molecule has 0 aliphatic carbocycles. The maximum Gasteiger partial charge on any atom is 0.306 e. The van der Waals surface area contributed by atoms with Crippen molar-refractivity contribution in [3.8, 4) is 0 Å². The van der Waals surface area contributed by atoms with Crippen LogP contribution < -0.4 is 4.43 Å². The first-order valence-electron chi connectivity index (χ1n) is 3.92. The molecule has 70 valence electrons. The maximum absolute atomic E-state index is 10.8. The van der Waals surface area contributed by atoms with Crippen molar-refractivity contribution in [3.63, 3.8) is 0 Å². The molecule has 2 N–H and O–H groups in total. The summed E-state index contributed by atoms with van der Waals surface area (Å²) in [6.07, 6.45) is 4.46. The van der Waals surface area contributed by atoms with Gasteiger partial charge in [0.15, 0.2) is 0 Å². The van der Waals surface area contributed by atoms with Crippen LogP contribution in [0.5, 0.6) is 0 Å². The van der Waals surface area contributed by atoms with Crippen LogP contribution in [0.3, 0.4) is 0 Å². The topological polar surface area (TPSA) is 76.1 Å². The number of aromatic amines is 1. The van der Waals surface area contributed by atoms with Gasteiger partial charge in [0.05, 0.1) is 22.2 Å². The van der Waals surface area contributed by atoms with Gasteiger partial charge in [0.2, 0.25) is 12.4 Å². The highest BCUT2D eigenvalue weighted by atomic mass is 16.4. The molecule has 0 aromatic carbocycles. The number of nitrogens with one attached hydrogen (secondary N) is 1. The van der Waals surface area contributed by atoms with E-state index in [4.69, 9.17) is 5.11 Å². The third-order valence-electron chi connectivity index (χ3n) is 1.72. The van der Waals surface area contributed by atoms with Gasteiger partial charge >= 0.3 is 5.97 Å². The van der Waals surface area contributed by atoms with Crippen molar-refractivity contribution < 1.29 is 14.3 Å². The van der Waals surface area contributed by atoms with Gasteiger partial charge in [-0.05, 0) is 0 Å². The molecule has 1 unspecified atom stereocenters. The molecule has 1 rings (SSSR count). The largest absolute Gasteiger partial charge is 0.481 e. The Morgan fingerprint density at radius 2 is 2.46 bits per heavy atom. The lowest BCUT2D eigenvalue weighted by molar-refractivity contribution is -0.495. The second kappa shape index (κ2) is 3.84. The minimum absolute atomic E-state index is 0.332. The number of aliphatic carboxylic acids is 1. The lowest BCUT2D eigenvalue weighted by Crippen LogP contribution is -2.18. The van der Waals surface area contributed by atoms with Crippen LogP contribution in [0.1, 0.15) is 12.6 Å². The van der Waals surface area contributed by atoms with E-state index in [2.05, 4.69) is 4.98 Å². The zero-order valence-electron chi connectivity index (χ0n) is 7.23. The molecule has 0 aliphatic rings. The van der Waals surface area contributed by atoms with E-state index in [1.54, 1.807) is 6.92 Å². The van der Waals surface area contributed by atoms with Crippen molar-refractivity contribution in [1.29, 1.82) is 0 Å². The van der Waals surface area contributed by atoms with Crippen molar-refractivity contribution in [2.75, 3.05) is 0 Å². The first-order chi connectivity index (χ1) is 6.09. The Morgan fingerprint density at radius 3 is 3.00 bits per heavy atom. The molecule has 1 aromatic heterocycles. The average Bonchev–Trinajstić information content (AvgIpc) is 2.04. The van der Waals surface area contributed by atoms with Gasteiger partial charge in [0, 0.05) is 11.3 Å². The maximum atomic E-state index is 10.8. The second-order valence-electron chi connectivity index (χ2n) is 2.92. The van der Waals surface area contributed by atoms with Gasteiger partial charge in [0.25, 0.3) is 0 Å². The lowest BCUT2D eigenvalue weighted by atomic mass is 10.1. The number of hydrogen-bond acceptors (Lipinski definition) is 2. The smallest absolute Gasteiger partial charge is 0.306 e. The fourth-order valence-corrected chi connectivity index (χ4v) is 0.980. The Morgan fingerprint density at radius 1 is 1.77 bits per heavy atom. The van der Waals surface area contributed by atoms with Crippen LogP contribution in [0.15, 0.2) is 18.6 Å². The zero-order chi connectivity index (χ0) is 9.84. The highest BCUT2D eigenvalue weighted by Crippen LogP contribution is 2.03. The highest BCUT2D eigenvalue weighted by Gasteiger charge is 2.13. The summed E-state index contributed by atoms with van der Waals surface area (Å²) < 4.78 is 0.639. The Balaban J connectivity index is 2.75. The number of carboxylic acid groups (broad SMARTS) is 1. The molecule has 1 heterocycles. The molecule has 0 saturated carbocycles. The van der Waals surface area contributed by atoms with Crippen molar-refractivity contribution in [2.45, 2.75) is 13.3 Å². The SMILES string of the molecule is CC(Cc1c[n+](=O)cc[nH]1)C(=O)O. The Bertz CT molecular complexity index is 358. The van der Waals surface area contributed by atoms with E-state index in [-0.39, 0.29) is 0 Å². The molecule has 0 saturated heterocycles. The van der Waals surface area contributed by atoms with E-state index >= 15 is 0 Å². The van der Waals surface area contributed by atoms with Crippen molar-refractivity contribution in [1.82, 2.24) is 4.98 Å². The van der Waals surface area contributed by atoms with Crippen LogP contribution >= 0.6 is 0 Å². The van der Waals surface area contributed by atoms with Crippen LogP contribution in [-0.2, 0) is 11.2 Å². The van der Waals surface area contributed by atoms with Crippen LogP contribution in [0.4, 0.5) is 0 Å². The van der Waals surface area contributed by atoms with Crippen molar-refractivity contribution >= 4 is 5.97 Å². The summed E-state index contributed by atoms with van der Waals surface area (Å²) in [4.78, 5) is 24.1. The predicted octanol–water partition coefficient (Wildman–Crippen LogP) is 0.192. The predicted molar refractivity (Wildman–Crippen MR) is 44.7 cm³/mol. The molecule has 0 fully saturated rings. The Kier molecular flexibility index (Phi) is 2.79. The third kappa shape index (κ3) is 2.70. The van der Waals surface area contributed by atoms with Gasteiger partial charge < -0.3 is 10.1 Å². The van der Waals surface area contributed by atoms with Crippen molar-refractivity contribution in [3.05, 3.63) is 29.2 Å². The monoisotopic (exact) mass is 183 g/mol. The van der Waals surface area contributed by atoms with E-state index in [0.29, 0.717) is 16.5 Å². The first-order valence-corrected chi connectivity index (χ1v) is 3.92. The summed E-state index contributed by atoms with van der Waals surface area (Å²) in [6, 6.07) is 0. The van der Waals surface area contributed by atoms with Crippen molar-refractivity contribution in [2.24, 2.45) is 5.92 Å². The molecule has 5 heteroatoms. The van der Waals surface area contributed by atoms with Crippen LogP contribution in [0.2, 0.25) is 0 Å². The number of rotatable bonds is 3. The molecular formula is C8H11N2O3+. The highest BCUT2D eigenvalue weighted by molar-refractivity contribution is 5.69. The molecule has 0 spiro atoms. The molecule has 0 bridgehead atoms. The van der Waals surface area contributed by atoms with Crippen LogP contribution in [0, 0.1) is 10.8 Å². The molecule has 1 atom stereocenters. The molecular weight excluding hydrogens is 172 g/mol. The van der Waals surface area contributed by atoms with E-state index in [1.165, 1.54) is 18.6 Å². The Labute approximate surface area is 74.6 Å². The standard InChI is InChI=1S/C8H10N2O3/c1-6(8(11)12)4-7-5-10(13)3-2-9-7/h2-3,5-6H,4H2,1H3,(H-,9,11,12,13)/p+1. The number of aromatic nitrogens is 2. The van der Waals surface area contributed by atoms with Gasteiger partial charge in [-0.25, -0.2) is 0 Å². The Hall–Kier alpha value is -1.65. The number of H-pyrrole nitrogens is 1. The van der Waals surface area contributed by atoms with E-state index in [1.807, 2.05) is 0 Å². The number of hydrogen-bond donors (Lipinski definition) is 2. The molecule has 5 nitrogen and oxygen atoms in total. The van der Waals surface area contributed by atoms with Gasteiger partial charge in [-0.15, -0.1) is 0 Å². The first kappa shape index (κ1) is 9.44. The summed E-state index contributed by atoms with van der Waals surface area (Å²) in [5, 5.41) is 8.61. The number of carboxylic acids is 1. The van der Waals surface area contributed by atoms with E-state index in [0.717, 1.165) is 0 Å². The molecule has 0 amide bonds. The number of carbonyl (C=O) groups is 1. The van der Waals surface area contributed by atoms with Crippen LogP contribution in [0.25, 0.3) is 0 Å². The molecule has 0 aliphatic heterocycles. The summed E-state index contributed by atoms with van der Waals surface area (Å²) in [7, 11) is 0. The quantitative estimate of drug-likeness (QED) is 0.657. The lowest BCUT2D eigenvalue weighted by Gasteiger charge is -2.02. The summed E-state index contributed by atoms with van der Waals surface area (Å²) in [6.45, 7) is 1.60. The fourth-order valence-electron chi connectivity index (χ4n) is 0.980. The third-order valence-corrected chi connectivity index (χ3v) is 1.72. The van der Waals surface area contributed by atoms with Crippen LogP contribution in [-0.4, -0.2) is 16.1 Å². The normalized spacial score (nSPS) is 12.4. The minimum atomic E-state index is -0.866. The molecule has 13 heavy (non-hydrogen) atoms. The summed E-state index contributed by atoms with van der Waals surface area (Å²) in [5.41, 5.74) is 0.618. The van der Waals surface area contributed by atoms with E-state index in [9.17, 15) is 9.70 Å². The second-order valence-corrected chi connectivity index (χ2v) is 2.92. The average molecular weight is 183 g/mol. The molecule has 1 aromatic rings.